The number of thiocarbonyl (C=S) groups is 1. The lowest BCUT2D eigenvalue weighted by Crippen LogP contribution is -2.34. The fraction of sp³-hybridized carbons (Fsp3) is 0.0625. The number of hydrogen-bond acceptors (Lipinski definition) is 4. The van der Waals surface area contributed by atoms with E-state index in [1.54, 1.807) is 42.5 Å². The van der Waals surface area contributed by atoms with Crippen LogP contribution in [0.4, 0.5) is 5.69 Å². The van der Waals surface area contributed by atoms with E-state index < -0.39 is 11.9 Å². The number of hydrogen-bond donors (Lipinski definition) is 2. The number of ether oxygens (including phenoxy) is 1. The van der Waals surface area contributed by atoms with Crippen molar-refractivity contribution in [1.82, 2.24) is 5.32 Å². The first-order valence-corrected chi connectivity index (χ1v) is 7.34. The maximum Gasteiger partial charge on any atom is 0.337 e. The summed E-state index contributed by atoms with van der Waals surface area (Å²) in [5, 5.41) is 6.07. The number of methoxy groups -OCH3 is 1. The van der Waals surface area contributed by atoms with Gasteiger partial charge in [0.1, 0.15) is 0 Å². The van der Waals surface area contributed by atoms with Gasteiger partial charge in [0.25, 0.3) is 5.91 Å². The van der Waals surface area contributed by atoms with Crippen molar-refractivity contribution in [3.63, 3.8) is 0 Å². The van der Waals surface area contributed by atoms with E-state index in [1.807, 2.05) is 0 Å². The first-order chi connectivity index (χ1) is 11.0. The Morgan fingerprint density at radius 2 is 1.78 bits per heavy atom. The minimum atomic E-state index is -0.515. The number of amides is 1. The summed E-state index contributed by atoms with van der Waals surface area (Å²) in [4.78, 5) is 23.6. The molecule has 0 heterocycles. The van der Waals surface area contributed by atoms with E-state index in [1.165, 1.54) is 13.2 Å². The molecule has 0 unspecified atom stereocenters. The highest BCUT2D eigenvalue weighted by atomic mass is 35.5. The highest BCUT2D eigenvalue weighted by Gasteiger charge is 2.12. The van der Waals surface area contributed by atoms with Crippen molar-refractivity contribution >= 4 is 46.5 Å². The van der Waals surface area contributed by atoms with Crippen molar-refractivity contribution in [2.24, 2.45) is 0 Å². The third-order valence-corrected chi connectivity index (χ3v) is 3.29. The molecule has 2 aromatic carbocycles. The van der Waals surface area contributed by atoms with Crippen molar-refractivity contribution < 1.29 is 14.3 Å². The third kappa shape index (κ3) is 4.77. The van der Waals surface area contributed by atoms with E-state index in [9.17, 15) is 9.59 Å². The zero-order valence-electron chi connectivity index (χ0n) is 12.1. The van der Waals surface area contributed by atoms with Crippen molar-refractivity contribution in [1.29, 1.82) is 0 Å². The largest absolute Gasteiger partial charge is 0.465 e. The lowest BCUT2D eigenvalue weighted by molar-refractivity contribution is 0.0600. The number of esters is 1. The Bertz CT molecular complexity index is 764. The van der Waals surface area contributed by atoms with Gasteiger partial charge >= 0.3 is 5.97 Å². The lowest BCUT2D eigenvalue weighted by atomic mass is 10.1. The Hall–Kier alpha value is -2.44. The molecular formula is C16H13ClN2O3S. The number of carbonyl (C=O) groups excluding carboxylic acids is 2. The van der Waals surface area contributed by atoms with Gasteiger partial charge in [-0.2, -0.15) is 0 Å². The Morgan fingerprint density at radius 3 is 2.48 bits per heavy atom. The van der Waals surface area contributed by atoms with Gasteiger partial charge in [-0.05, 0) is 48.6 Å². The van der Waals surface area contributed by atoms with Gasteiger partial charge in [-0.25, -0.2) is 4.79 Å². The molecular weight excluding hydrogens is 336 g/mol. The maximum absolute atomic E-state index is 12.2. The summed E-state index contributed by atoms with van der Waals surface area (Å²) in [6.45, 7) is 0. The third-order valence-electron chi connectivity index (χ3n) is 2.86. The van der Waals surface area contributed by atoms with Gasteiger partial charge < -0.3 is 10.1 Å². The summed E-state index contributed by atoms with van der Waals surface area (Å²) < 4.78 is 4.62. The van der Waals surface area contributed by atoms with Gasteiger partial charge in [0, 0.05) is 16.3 Å². The van der Waals surface area contributed by atoms with Gasteiger partial charge in [0.15, 0.2) is 5.11 Å². The standard InChI is InChI=1S/C16H13ClN2O3S/c1-22-15(21)11-5-2-4-10(8-11)14(20)19-16(23)18-13-7-3-6-12(17)9-13/h2-9H,1H3,(H2,18,19,20,23). The summed E-state index contributed by atoms with van der Waals surface area (Å²) in [6, 6.07) is 13.1. The first-order valence-electron chi connectivity index (χ1n) is 6.56. The molecule has 0 saturated carbocycles. The summed E-state index contributed by atoms with van der Waals surface area (Å²) in [7, 11) is 1.28. The van der Waals surface area contributed by atoms with Gasteiger partial charge in [-0.3, -0.25) is 10.1 Å². The molecule has 7 heteroatoms. The Kier molecular flexibility index (Phi) is 5.67. The maximum atomic E-state index is 12.2. The number of anilines is 1. The number of carbonyl (C=O) groups is 2. The van der Waals surface area contributed by atoms with E-state index in [0.717, 1.165) is 0 Å². The van der Waals surface area contributed by atoms with Crippen LogP contribution in [0.2, 0.25) is 5.02 Å². The average Bonchev–Trinajstić information content (AvgIpc) is 2.54. The lowest BCUT2D eigenvalue weighted by Gasteiger charge is -2.10. The normalized spacial score (nSPS) is 9.83. The van der Waals surface area contributed by atoms with Gasteiger partial charge in [-0.1, -0.05) is 23.7 Å². The molecule has 2 aromatic rings. The van der Waals surface area contributed by atoms with Crippen LogP contribution in [0.3, 0.4) is 0 Å². The number of nitrogens with one attached hydrogen (secondary N) is 2. The molecule has 0 fully saturated rings. The van der Waals surface area contributed by atoms with E-state index >= 15 is 0 Å². The van der Waals surface area contributed by atoms with Crippen molar-refractivity contribution in [2.45, 2.75) is 0 Å². The second-order valence-corrected chi connectivity index (χ2v) is 5.34. The summed E-state index contributed by atoms with van der Waals surface area (Å²) >= 11 is 11.0. The Morgan fingerprint density at radius 1 is 1.09 bits per heavy atom. The molecule has 0 aliphatic heterocycles. The second kappa shape index (κ2) is 7.71. The average molecular weight is 349 g/mol. The van der Waals surface area contributed by atoms with Crippen molar-refractivity contribution in [2.75, 3.05) is 12.4 Å². The molecule has 2 rings (SSSR count). The fourth-order valence-corrected chi connectivity index (χ4v) is 2.21. The summed E-state index contributed by atoms with van der Waals surface area (Å²) in [5.74, 6) is -0.949. The molecule has 0 aromatic heterocycles. The summed E-state index contributed by atoms with van der Waals surface area (Å²) in [6.07, 6.45) is 0. The fourth-order valence-electron chi connectivity index (χ4n) is 1.81. The second-order valence-electron chi connectivity index (χ2n) is 4.49. The molecule has 0 spiro atoms. The van der Waals surface area contributed by atoms with Gasteiger partial charge in [0.2, 0.25) is 0 Å². The monoisotopic (exact) mass is 348 g/mol. The van der Waals surface area contributed by atoms with Crippen LogP contribution in [0, 0.1) is 0 Å². The summed E-state index contributed by atoms with van der Waals surface area (Å²) in [5.41, 5.74) is 1.24. The molecule has 23 heavy (non-hydrogen) atoms. The number of rotatable bonds is 3. The van der Waals surface area contributed by atoms with E-state index in [0.29, 0.717) is 16.3 Å². The highest BCUT2D eigenvalue weighted by molar-refractivity contribution is 7.80. The molecule has 0 aliphatic rings. The zero-order chi connectivity index (χ0) is 16.8. The predicted molar refractivity (Wildman–Crippen MR) is 92.9 cm³/mol. The molecule has 118 valence electrons. The van der Waals surface area contributed by atoms with Crippen molar-refractivity contribution in [3.05, 3.63) is 64.7 Å². The van der Waals surface area contributed by atoms with E-state index in [2.05, 4.69) is 15.4 Å². The molecule has 0 bridgehead atoms. The van der Waals surface area contributed by atoms with Crippen LogP contribution < -0.4 is 10.6 Å². The minimum absolute atomic E-state index is 0.126. The van der Waals surface area contributed by atoms with Crippen LogP contribution >= 0.6 is 23.8 Å². The highest BCUT2D eigenvalue weighted by Crippen LogP contribution is 2.14. The van der Waals surface area contributed by atoms with E-state index in [-0.39, 0.29) is 10.7 Å². The number of halogens is 1. The van der Waals surface area contributed by atoms with Crippen LogP contribution in [0.15, 0.2) is 48.5 Å². The van der Waals surface area contributed by atoms with Crippen LogP contribution in [0.1, 0.15) is 20.7 Å². The van der Waals surface area contributed by atoms with Gasteiger partial charge in [-0.15, -0.1) is 0 Å². The quantitative estimate of drug-likeness (QED) is 0.658. The Balaban J connectivity index is 2.04. The molecule has 2 N–H and O–H groups in total. The molecule has 0 saturated heterocycles. The van der Waals surface area contributed by atoms with Gasteiger partial charge in [0.05, 0.1) is 12.7 Å². The zero-order valence-corrected chi connectivity index (χ0v) is 13.7. The number of benzene rings is 2. The molecule has 1 amide bonds. The minimum Gasteiger partial charge on any atom is -0.465 e. The van der Waals surface area contributed by atoms with Crippen LogP contribution in [0.5, 0.6) is 0 Å². The molecule has 0 radical (unpaired) electrons. The smallest absolute Gasteiger partial charge is 0.337 e. The molecule has 0 atom stereocenters. The topological polar surface area (TPSA) is 67.4 Å². The van der Waals surface area contributed by atoms with Crippen LogP contribution in [-0.4, -0.2) is 24.1 Å². The molecule has 0 aliphatic carbocycles. The van der Waals surface area contributed by atoms with Crippen molar-refractivity contribution in [3.8, 4) is 0 Å². The Labute approximate surface area is 143 Å². The van der Waals surface area contributed by atoms with Crippen LogP contribution in [-0.2, 0) is 4.74 Å². The van der Waals surface area contributed by atoms with Crippen LogP contribution in [0.25, 0.3) is 0 Å². The SMILES string of the molecule is COC(=O)c1cccc(C(=O)NC(=S)Nc2cccc(Cl)c2)c1. The van der Waals surface area contributed by atoms with E-state index in [4.69, 9.17) is 23.8 Å². The predicted octanol–water partition coefficient (Wildman–Crippen LogP) is 3.25. The molecule has 5 nitrogen and oxygen atoms in total. The first kappa shape index (κ1) is 16.9.